The highest BCUT2D eigenvalue weighted by molar-refractivity contribution is 6.33. The van der Waals surface area contributed by atoms with E-state index in [2.05, 4.69) is 20.3 Å². The highest BCUT2D eigenvalue weighted by Gasteiger charge is 2.27. The fraction of sp³-hybridized carbons (Fsp3) is 0.250. The lowest BCUT2D eigenvalue weighted by Crippen LogP contribution is -2.48. The van der Waals surface area contributed by atoms with Gasteiger partial charge in [-0.25, -0.2) is 14.4 Å². The van der Waals surface area contributed by atoms with Crippen molar-refractivity contribution in [2.24, 2.45) is 5.73 Å². The Morgan fingerprint density at radius 2 is 2.12 bits per heavy atom. The number of rotatable bonds is 5. The number of piperidine rings is 1. The van der Waals surface area contributed by atoms with E-state index in [1.807, 2.05) is 53.6 Å². The zero-order chi connectivity index (χ0) is 22.9. The molecule has 5 rings (SSSR count). The molecule has 4 N–H and O–H groups in total. The van der Waals surface area contributed by atoms with Crippen molar-refractivity contribution >= 4 is 39.8 Å². The molecule has 1 saturated heterocycles. The van der Waals surface area contributed by atoms with E-state index < -0.39 is 12.2 Å². The van der Waals surface area contributed by atoms with Crippen LogP contribution in [0.1, 0.15) is 6.42 Å². The molecule has 0 saturated carbocycles. The highest BCUT2D eigenvalue weighted by atomic mass is 35.5. The molecule has 0 radical (unpaired) electrons. The Labute approximate surface area is 195 Å². The molecule has 0 spiro atoms. The third-order valence-corrected chi connectivity index (χ3v) is 6.25. The number of aromatic amines is 1. The van der Waals surface area contributed by atoms with Crippen molar-refractivity contribution in [1.29, 1.82) is 0 Å². The summed E-state index contributed by atoms with van der Waals surface area (Å²) < 4.78 is 19.7. The number of anilines is 3. The second-order valence-corrected chi connectivity index (χ2v) is 8.47. The molecule has 3 heterocycles. The van der Waals surface area contributed by atoms with Crippen LogP contribution in [0.15, 0.2) is 54.9 Å². The van der Waals surface area contributed by atoms with E-state index in [1.165, 1.54) is 0 Å². The number of nitrogens with zero attached hydrogens (tertiary/aromatic N) is 3. The number of fused-ring (bicyclic) bond motifs is 1. The van der Waals surface area contributed by atoms with Crippen LogP contribution in [0.2, 0.25) is 5.02 Å². The molecule has 33 heavy (non-hydrogen) atoms. The zero-order valence-corrected chi connectivity index (χ0v) is 18.8. The van der Waals surface area contributed by atoms with Crippen LogP contribution in [-0.4, -0.2) is 47.4 Å². The number of aromatic nitrogens is 3. The number of para-hydroxylation sites is 1. The number of ether oxygens (including phenoxy) is 1. The quantitative estimate of drug-likeness (QED) is 0.387. The number of benzene rings is 2. The second kappa shape index (κ2) is 8.88. The Kier molecular flexibility index (Phi) is 5.78. The van der Waals surface area contributed by atoms with Crippen molar-refractivity contribution in [3.05, 3.63) is 59.9 Å². The van der Waals surface area contributed by atoms with Gasteiger partial charge in [-0.1, -0.05) is 29.8 Å². The topological polar surface area (TPSA) is 92.1 Å². The minimum atomic E-state index is -1.05. The monoisotopic (exact) mass is 466 g/mol. The van der Waals surface area contributed by atoms with Gasteiger partial charge in [0.1, 0.15) is 11.9 Å². The number of alkyl halides is 1. The Morgan fingerprint density at radius 3 is 2.94 bits per heavy atom. The van der Waals surface area contributed by atoms with Crippen LogP contribution in [-0.2, 0) is 0 Å². The molecular formula is C24H24ClFN6O. The summed E-state index contributed by atoms with van der Waals surface area (Å²) >= 11 is 6.44. The third kappa shape index (κ3) is 4.19. The maximum absolute atomic E-state index is 14.1. The van der Waals surface area contributed by atoms with Crippen LogP contribution in [0.3, 0.4) is 0 Å². The van der Waals surface area contributed by atoms with Gasteiger partial charge in [0.15, 0.2) is 0 Å². The van der Waals surface area contributed by atoms with Crippen LogP contribution < -0.4 is 20.7 Å². The largest absolute Gasteiger partial charge is 0.494 e. The van der Waals surface area contributed by atoms with Gasteiger partial charge in [0, 0.05) is 47.0 Å². The highest BCUT2D eigenvalue weighted by Crippen LogP contribution is 2.35. The number of nitrogens with two attached hydrogens (primary N) is 1. The summed E-state index contributed by atoms with van der Waals surface area (Å²) in [5.41, 5.74) is 9.91. The summed E-state index contributed by atoms with van der Waals surface area (Å²) in [4.78, 5) is 14.2. The fourth-order valence-electron chi connectivity index (χ4n) is 4.14. The third-order valence-electron chi connectivity index (χ3n) is 5.98. The van der Waals surface area contributed by atoms with Crippen molar-refractivity contribution in [3.63, 3.8) is 0 Å². The number of hydrogen-bond donors (Lipinski definition) is 3. The van der Waals surface area contributed by atoms with Crippen LogP contribution in [0, 0.1) is 0 Å². The van der Waals surface area contributed by atoms with Crippen molar-refractivity contribution in [2.45, 2.75) is 18.6 Å². The van der Waals surface area contributed by atoms with Crippen molar-refractivity contribution in [2.75, 3.05) is 30.4 Å². The number of hydrogen-bond acceptors (Lipinski definition) is 6. The van der Waals surface area contributed by atoms with Crippen molar-refractivity contribution < 1.29 is 9.13 Å². The molecule has 0 aliphatic carbocycles. The first-order valence-electron chi connectivity index (χ1n) is 10.7. The van der Waals surface area contributed by atoms with Gasteiger partial charge in [0.2, 0.25) is 5.95 Å². The molecule has 1 aliphatic heterocycles. The Morgan fingerprint density at radius 1 is 1.27 bits per heavy atom. The maximum atomic E-state index is 14.1. The molecule has 0 bridgehead atoms. The van der Waals surface area contributed by atoms with E-state index in [1.54, 1.807) is 13.3 Å². The van der Waals surface area contributed by atoms with Gasteiger partial charge in [-0.05, 0) is 24.6 Å². The first-order valence-corrected chi connectivity index (χ1v) is 11.1. The molecule has 170 valence electrons. The summed E-state index contributed by atoms with van der Waals surface area (Å²) in [5, 5.41) is 4.70. The molecule has 1 aliphatic rings. The lowest BCUT2D eigenvalue weighted by molar-refractivity contribution is 0.251. The van der Waals surface area contributed by atoms with E-state index in [0.717, 1.165) is 22.2 Å². The molecule has 0 amide bonds. The van der Waals surface area contributed by atoms with Gasteiger partial charge < -0.3 is 25.7 Å². The van der Waals surface area contributed by atoms with E-state index in [4.69, 9.17) is 22.1 Å². The molecule has 2 aromatic carbocycles. The van der Waals surface area contributed by atoms with Crippen molar-refractivity contribution in [3.8, 4) is 17.0 Å². The maximum Gasteiger partial charge on any atom is 0.227 e. The van der Waals surface area contributed by atoms with Gasteiger partial charge in [-0.2, -0.15) is 0 Å². The molecule has 4 aromatic rings. The van der Waals surface area contributed by atoms with E-state index in [0.29, 0.717) is 41.1 Å². The van der Waals surface area contributed by atoms with Gasteiger partial charge in [0.05, 0.1) is 36.3 Å². The predicted octanol–water partition coefficient (Wildman–Crippen LogP) is 4.91. The Balaban J connectivity index is 1.43. The number of nitrogens with one attached hydrogen (secondary N) is 2. The van der Waals surface area contributed by atoms with Crippen LogP contribution in [0.5, 0.6) is 5.75 Å². The lowest BCUT2D eigenvalue weighted by Gasteiger charge is -2.34. The molecule has 7 nitrogen and oxygen atoms in total. The van der Waals surface area contributed by atoms with Crippen LogP contribution >= 0.6 is 11.6 Å². The van der Waals surface area contributed by atoms with Crippen LogP contribution in [0.25, 0.3) is 22.2 Å². The lowest BCUT2D eigenvalue weighted by atomic mass is 10.0. The molecule has 2 atom stereocenters. The smallest absolute Gasteiger partial charge is 0.227 e. The van der Waals surface area contributed by atoms with E-state index in [-0.39, 0.29) is 6.54 Å². The SMILES string of the molecule is COc1cc(N2CCC(N)C(F)C2)ccc1Nc1ncc(Cl)c(-c2c[nH]c3ccccc23)n1. The second-order valence-electron chi connectivity index (χ2n) is 8.06. The summed E-state index contributed by atoms with van der Waals surface area (Å²) in [6, 6.07) is 13.2. The number of halogens is 2. The molecule has 2 aromatic heterocycles. The first kappa shape index (κ1) is 21.5. The minimum Gasteiger partial charge on any atom is -0.494 e. The standard InChI is InChI=1S/C24H24ClFN6O/c1-33-22-10-14(32-9-8-19(27)18(26)13-32)6-7-21(22)30-24-29-12-17(25)23(31-24)16-11-28-20-5-3-2-4-15(16)20/h2-7,10-12,18-19,28H,8-9,13,27H2,1H3,(H,29,30,31). The Bertz CT molecular complexity index is 1300. The van der Waals surface area contributed by atoms with E-state index >= 15 is 0 Å². The number of H-pyrrole nitrogens is 1. The average Bonchev–Trinajstić information content (AvgIpc) is 3.26. The summed E-state index contributed by atoms with van der Waals surface area (Å²) in [6.07, 6.45) is 3.03. The summed E-state index contributed by atoms with van der Waals surface area (Å²) in [6.45, 7) is 0.969. The summed E-state index contributed by atoms with van der Waals surface area (Å²) in [7, 11) is 1.59. The fourth-order valence-corrected chi connectivity index (χ4v) is 4.33. The van der Waals surface area contributed by atoms with Gasteiger partial charge in [-0.3, -0.25) is 0 Å². The van der Waals surface area contributed by atoms with Gasteiger partial charge in [-0.15, -0.1) is 0 Å². The normalized spacial score (nSPS) is 18.5. The van der Waals surface area contributed by atoms with Gasteiger partial charge >= 0.3 is 0 Å². The van der Waals surface area contributed by atoms with Crippen LogP contribution in [0.4, 0.5) is 21.7 Å². The Hall–Kier alpha value is -3.36. The minimum absolute atomic E-state index is 0.269. The van der Waals surface area contributed by atoms with Gasteiger partial charge in [0.25, 0.3) is 0 Å². The summed E-state index contributed by atoms with van der Waals surface area (Å²) in [5.74, 6) is 0.989. The van der Waals surface area contributed by atoms with E-state index in [9.17, 15) is 4.39 Å². The molecule has 9 heteroatoms. The predicted molar refractivity (Wildman–Crippen MR) is 130 cm³/mol. The number of methoxy groups -OCH3 is 1. The first-order chi connectivity index (χ1) is 16.0. The molecular weight excluding hydrogens is 443 g/mol. The zero-order valence-electron chi connectivity index (χ0n) is 18.1. The average molecular weight is 467 g/mol. The molecule has 2 unspecified atom stereocenters. The van der Waals surface area contributed by atoms with Crippen molar-refractivity contribution in [1.82, 2.24) is 15.0 Å². The molecule has 1 fully saturated rings.